The van der Waals surface area contributed by atoms with E-state index in [1.807, 2.05) is 18.2 Å². The molecule has 2 heteroatoms. The van der Waals surface area contributed by atoms with Crippen LogP contribution in [0.1, 0.15) is 32.8 Å². The van der Waals surface area contributed by atoms with E-state index in [-0.39, 0.29) is 12.1 Å². The van der Waals surface area contributed by atoms with Gasteiger partial charge in [-0.2, -0.15) is 0 Å². The number of hydrogen-bond acceptors (Lipinski definition) is 2. The van der Waals surface area contributed by atoms with E-state index in [0.29, 0.717) is 12.5 Å². The lowest BCUT2D eigenvalue weighted by Gasteiger charge is -2.22. The number of rotatable bonds is 6. The molecule has 0 spiro atoms. The zero-order valence-electron chi connectivity index (χ0n) is 10.5. The van der Waals surface area contributed by atoms with E-state index in [1.165, 1.54) is 5.56 Å². The number of nitrogens with two attached hydrogens (primary N) is 1. The molecule has 0 amide bonds. The Morgan fingerprint density at radius 3 is 2.31 bits per heavy atom. The molecule has 2 atom stereocenters. The van der Waals surface area contributed by atoms with Crippen molar-refractivity contribution in [2.75, 3.05) is 0 Å². The third-order valence-electron chi connectivity index (χ3n) is 2.70. The molecule has 0 fully saturated rings. The van der Waals surface area contributed by atoms with E-state index in [2.05, 4.69) is 32.9 Å². The molecule has 0 heterocycles. The van der Waals surface area contributed by atoms with E-state index in [9.17, 15) is 0 Å². The van der Waals surface area contributed by atoms with Gasteiger partial charge in [0.15, 0.2) is 0 Å². The Bertz CT molecular complexity index is 284. The van der Waals surface area contributed by atoms with Gasteiger partial charge < -0.3 is 10.5 Å². The third-order valence-corrected chi connectivity index (χ3v) is 2.70. The Morgan fingerprint density at radius 1 is 1.12 bits per heavy atom. The predicted octanol–water partition coefficient (Wildman–Crippen LogP) is 2.97. The van der Waals surface area contributed by atoms with Gasteiger partial charge in [-0.1, -0.05) is 44.2 Å². The van der Waals surface area contributed by atoms with E-state index in [4.69, 9.17) is 10.5 Å². The van der Waals surface area contributed by atoms with Crippen LogP contribution in [0, 0.1) is 5.92 Å². The molecule has 16 heavy (non-hydrogen) atoms. The first-order chi connectivity index (χ1) is 7.59. The zero-order valence-corrected chi connectivity index (χ0v) is 10.5. The van der Waals surface area contributed by atoms with Crippen molar-refractivity contribution in [2.24, 2.45) is 11.7 Å². The highest BCUT2D eigenvalue weighted by molar-refractivity contribution is 5.13. The highest BCUT2D eigenvalue weighted by atomic mass is 16.5. The molecular formula is C14H23NO. The summed E-state index contributed by atoms with van der Waals surface area (Å²) in [6.45, 7) is 7.07. The minimum absolute atomic E-state index is 0.114. The average molecular weight is 221 g/mol. The maximum atomic E-state index is 6.06. The summed E-state index contributed by atoms with van der Waals surface area (Å²) in [4.78, 5) is 0. The van der Waals surface area contributed by atoms with E-state index < -0.39 is 0 Å². The molecule has 0 saturated heterocycles. The van der Waals surface area contributed by atoms with Crippen LogP contribution < -0.4 is 5.73 Å². The Hall–Kier alpha value is -0.860. The second-order valence-electron chi connectivity index (χ2n) is 4.80. The molecule has 2 nitrogen and oxygen atoms in total. The van der Waals surface area contributed by atoms with Crippen molar-refractivity contribution in [1.82, 2.24) is 0 Å². The van der Waals surface area contributed by atoms with Crippen molar-refractivity contribution in [2.45, 2.75) is 45.9 Å². The summed E-state index contributed by atoms with van der Waals surface area (Å²) < 4.78 is 5.77. The van der Waals surface area contributed by atoms with Crippen LogP contribution in [0.3, 0.4) is 0 Å². The second kappa shape index (κ2) is 6.66. The maximum absolute atomic E-state index is 6.06. The fraction of sp³-hybridized carbons (Fsp3) is 0.571. The molecule has 1 aromatic carbocycles. The van der Waals surface area contributed by atoms with Crippen molar-refractivity contribution in [3.05, 3.63) is 35.9 Å². The molecule has 1 rings (SSSR count). The Labute approximate surface area is 98.8 Å². The maximum Gasteiger partial charge on any atom is 0.0721 e. The Balaban J connectivity index is 2.32. The molecule has 0 radical (unpaired) electrons. The van der Waals surface area contributed by atoms with Crippen molar-refractivity contribution < 1.29 is 4.74 Å². The summed E-state index contributed by atoms with van der Waals surface area (Å²) in [5.41, 5.74) is 7.26. The van der Waals surface area contributed by atoms with E-state index in [0.717, 1.165) is 6.42 Å². The summed E-state index contributed by atoms with van der Waals surface area (Å²) in [5.74, 6) is 0.623. The first kappa shape index (κ1) is 13.2. The molecule has 0 aliphatic rings. The zero-order chi connectivity index (χ0) is 12.0. The first-order valence-corrected chi connectivity index (χ1v) is 6.00. The number of ether oxygens (including phenoxy) is 1. The van der Waals surface area contributed by atoms with Crippen molar-refractivity contribution in [3.8, 4) is 0 Å². The fourth-order valence-corrected chi connectivity index (χ4v) is 1.66. The van der Waals surface area contributed by atoms with E-state index in [1.54, 1.807) is 0 Å². The van der Waals surface area contributed by atoms with Gasteiger partial charge in [0.05, 0.1) is 12.7 Å². The third kappa shape index (κ3) is 4.77. The molecule has 0 aromatic heterocycles. The van der Waals surface area contributed by atoms with Crippen LogP contribution in [0.15, 0.2) is 30.3 Å². The lowest BCUT2D eigenvalue weighted by atomic mass is 10.0. The van der Waals surface area contributed by atoms with Crippen LogP contribution in [0.5, 0.6) is 0 Å². The van der Waals surface area contributed by atoms with Crippen molar-refractivity contribution in [1.29, 1.82) is 0 Å². The van der Waals surface area contributed by atoms with E-state index >= 15 is 0 Å². The van der Waals surface area contributed by atoms with Crippen molar-refractivity contribution >= 4 is 0 Å². The monoisotopic (exact) mass is 221 g/mol. The van der Waals surface area contributed by atoms with Gasteiger partial charge in [0, 0.05) is 6.04 Å². The van der Waals surface area contributed by atoms with Gasteiger partial charge in [0.2, 0.25) is 0 Å². The molecule has 0 saturated carbocycles. The smallest absolute Gasteiger partial charge is 0.0721 e. The van der Waals surface area contributed by atoms with Crippen LogP contribution in [0.2, 0.25) is 0 Å². The molecule has 1 aromatic rings. The summed E-state index contributed by atoms with van der Waals surface area (Å²) in [6, 6.07) is 10.3. The van der Waals surface area contributed by atoms with Gasteiger partial charge in [-0.05, 0) is 24.8 Å². The molecule has 0 bridgehead atoms. The van der Waals surface area contributed by atoms with Gasteiger partial charge in [-0.3, -0.25) is 0 Å². The highest BCUT2D eigenvalue weighted by Crippen LogP contribution is 2.10. The largest absolute Gasteiger partial charge is 0.372 e. The van der Waals surface area contributed by atoms with Crippen LogP contribution in [0.4, 0.5) is 0 Å². The number of hydrogen-bond donors (Lipinski definition) is 1. The van der Waals surface area contributed by atoms with Gasteiger partial charge in [0.1, 0.15) is 0 Å². The summed E-state index contributed by atoms with van der Waals surface area (Å²) in [5, 5.41) is 0. The summed E-state index contributed by atoms with van der Waals surface area (Å²) in [6.07, 6.45) is 1.12. The minimum Gasteiger partial charge on any atom is -0.372 e. The average Bonchev–Trinajstić information content (AvgIpc) is 2.26. The lowest BCUT2D eigenvalue weighted by molar-refractivity contribution is 0.0316. The molecular weight excluding hydrogens is 198 g/mol. The fourth-order valence-electron chi connectivity index (χ4n) is 1.66. The van der Waals surface area contributed by atoms with Gasteiger partial charge in [-0.15, -0.1) is 0 Å². The first-order valence-electron chi connectivity index (χ1n) is 6.00. The Kier molecular flexibility index (Phi) is 5.50. The molecule has 0 aliphatic carbocycles. The van der Waals surface area contributed by atoms with Crippen LogP contribution in [-0.2, 0) is 11.3 Å². The van der Waals surface area contributed by atoms with Crippen molar-refractivity contribution in [3.63, 3.8) is 0 Å². The quantitative estimate of drug-likeness (QED) is 0.801. The summed E-state index contributed by atoms with van der Waals surface area (Å²) in [7, 11) is 0. The molecule has 0 aliphatic heterocycles. The standard InChI is InChI=1S/C14H23NO/c1-11(2)9-14(15)12(3)16-10-13-7-5-4-6-8-13/h4-8,11-12,14H,9-10,15H2,1-3H3. The molecule has 2 unspecified atom stereocenters. The van der Waals surface area contributed by atoms with Crippen LogP contribution >= 0.6 is 0 Å². The second-order valence-corrected chi connectivity index (χ2v) is 4.80. The van der Waals surface area contributed by atoms with Gasteiger partial charge in [0.25, 0.3) is 0 Å². The SMILES string of the molecule is CC(C)CC(N)C(C)OCc1ccccc1. The van der Waals surface area contributed by atoms with Gasteiger partial charge >= 0.3 is 0 Å². The number of benzene rings is 1. The minimum atomic E-state index is 0.114. The molecule has 2 N–H and O–H groups in total. The summed E-state index contributed by atoms with van der Waals surface area (Å²) >= 11 is 0. The van der Waals surface area contributed by atoms with Crippen LogP contribution in [-0.4, -0.2) is 12.1 Å². The lowest BCUT2D eigenvalue weighted by Crippen LogP contribution is -2.35. The normalized spacial score (nSPS) is 15.1. The van der Waals surface area contributed by atoms with Crippen LogP contribution in [0.25, 0.3) is 0 Å². The Morgan fingerprint density at radius 2 is 1.75 bits per heavy atom. The predicted molar refractivity (Wildman–Crippen MR) is 68.1 cm³/mol. The van der Waals surface area contributed by atoms with Gasteiger partial charge in [-0.25, -0.2) is 0 Å². The topological polar surface area (TPSA) is 35.2 Å². The highest BCUT2D eigenvalue weighted by Gasteiger charge is 2.14. The molecule has 90 valence electrons.